The molecule has 0 aromatic heterocycles. The van der Waals surface area contributed by atoms with E-state index in [0.717, 1.165) is 5.57 Å². The van der Waals surface area contributed by atoms with Gasteiger partial charge in [0.05, 0.1) is 11.8 Å². The molecule has 0 aliphatic carbocycles. The predicted molar refractivity (Wildman–Crippen MR) is 152 cm³/mol. The largest absolute Gasteiger partial charge is 0.508 e. The summed E-state index contributed by atoms with van der Waals surface area (Å²) in [4.78, 5) is 24.6. The fraction of sp³-hybridized carbons (Fsp3) is 0.533. The first-order valence-corrected chi connectivity index (χ1v) is 13.3. The molecule has 39 heavy (non-hydrogen) atoms. The molecule has 2 bridgehead atoms. The number of anilines is 1. The van der Waals surface area contributed by atoms with Crippen molar-refractivity contribution in [2.75, 3.05) is 19.5 Å². The van der Waals surface area contributed by atoms with Crippen LogP contribution in [0.5, 0.6) is 11.5 Å². The molecule has 1 heterocycles. The smallest absolute Gasteiger partial charge is 0.405 e. The van der Waals surface area contributed by atoms with Gasteiger partial charge in [0.1, 0.15) is 17.6 Å². The first-order chi connectivity index (χ1) is 18.4. The Labute approximate surface area is 231 Å². The molecule has 1 aliphatic heterocycles. The molecule has 0 unspecified atom stereocenters. The molecule has 0 saturated heterocycles. The molecule has 1 aromatic rings. The van der Waals surface area contributed by atoms with Crippen LogP contribution in [-0.2, 0) is 31.8 Å². The highest BCUT2D eigenvalue weighted by Gasteiger charge is 2.26. The molecule has 0 fully saturated rings. The predicted octanol–water partition coefficient (Wildman–Crippen LogP) is 5.15. The third-order valence-electron chi connectivity index (χ3n) is 7.10. The third-order valence-corrected chi connectivity index (χ3v) is 7.10. The van der Waals surface area contributed by atoms with Gasteiger partial charge in [-0.05, 0) is 56.9 Å². The molecule has 0 spiro atoms. The number of carbonyl (C=O) groups is 2. The van der Waals surface area contributed by atoms with E-state index in [9.17, 15) is 19.8 Å². The molecule has 5 atom stereocenters. The number of nitrogens with one attached hydrogen (secondary N) is 1. The Balaban J connectivity index is 2.59. The van der Waals surface area contributed by atoms with Crippen molar-refractivity contribution >= 4 is 17.7 Å². The van der Waals surface area contributed by atoms with E-state index in [1.165, 1.54) is 13.2 Å². The van der Waals surface area contributed by atoms with Crippen molar-refractivity contribution in [3.63, 3.8) is 0 Å². The first-order valence-electron chi connectivity index (χ1n) is 13.3. The summed E-state index contributed by atoms with van der Waals surface area (Å²) >= 11 is 0. The first kappa shape index (κ1) is 31.9. The number of nitrogens with two attached hydrogens (primary N) is 1. The lowest BCUT2D eigenvalue weighted by molar-refractivity contribution is -0.112. The van der Waals surface area contributed by atoms with Crippen molar-refractivity contribution in [1.82, 2.24) is 0 Å². The number of hydrogen-bond acceptors (Lipinski definition) is 7. The third kappa shape index (κ3) is 8.86. The van der Waals surface area contributed by atoms with Gasteiger partial charge in [-0.3, -0.25) is 4.79 Å². The number of hydrogen-bond donors (Lipinski definition) is 4. The van der Waals surface area contributed by atoms with Gasteiger partial charge in [-0.15, -0.1) is 0 Å². The Morgan fingerprint density at radius 1 is 1.15 bits per heavy atom. The SMILES string of the molecule is CCc1c(O)cc2c(O)c1C[C@@H](C)C[C@H](OC)C[C@@H](C)/C=C(\C)[C@H](OC(N)=O)[C@@H](OC)/C=C\C=C(/C)C(=O)N2. The van der Waals surface area contributed by atoms with E-state index in [-0.39, 0.29) is 35.1 Å². The second-order valence-corrected chi connectivity index (χ2v) is 10.4. The van der Waals surface area contributed by atoms with Crippen LogP contribution in [0.25, 0.3) is 0 Å². The van der Waals surface area contributed by atoms with Gasteiger partial charge in [-0.25, -0.2) is 4.79 Å². The van der Waals surface area contributed by atoms with E-state index in [1.807, 2.05) is 19.9 Å². The lowest BCUT2D eigenvalue weighted by Crippen LogP contribution is -2.34. The summed E-state index contributed by atoms with van der Waals surface area (Å²) in [7, 11) is 3.17. The normalized spacial score (nSPS) is 28.9. The number of amides is 2. The standard InChI is InChI=1S/C30H44N2O7/c1-8-22-23-15-18(3)14-21(37-6)13-17(2)12-20(5)28(39-30(31)36)26(38-7)11-9-10-19(4)29(35)32-24(27(23)34)16-25(22)33/h9-12,16-18,21,26,28,33-34H,8,13-15H2,1-7H3,(H2,31,36)(H,32,35)/b11-9-,19-10+,20-12+/t17-,18-,21+,26-,28-/m0/s1. The Morgan fingerprint density at radius 2 is 1.85 bits per heavy atom. The average molecular weight is 545 g/mol. The number of carbonyl (C=O) groups excluding carboxylic acids is 2. The fourth-order valence-electron chi connectivity index (χ4n) is 5.11. The number of phenolic OH excluding ortho intramolecular Hbond substituents is 2. The van der Waals surface area contributed by atoms with Crippen molar-refractivity contribution < 1.29 is 34.0 Å². The summed E-state index contributed by atoms with van der Waals surface area (Å²) < 4.78 is 16.8. The van der Waals surface area contributed by atoms with Crippen LogP contribution in [0.1, 0.15) is 58.6 Å². The van der Waals surface area contributed by atoms with Crippen LogP contribution >= 0.6 is 0 Å². The van der Waals surface area contributed by atoms with Crippen LogP contribution in [0, 0.1) is 11.8 Å². The molecule has 0 saturated carbocycles. The summed E-state index contributed by atoms with van der Waals surface area (Å²) in [6.07, 6.45) is 6.96. The van der Waals surface area contributed by atoms with Crippen LogP contribution < -0.4 is 11.1 Å². The van der Waals surface area contributed by atoms with Crippen molar-refractivity contribution in [1.29, 1.82) is 0 Å². The van der Waals surface area contributed by atoms with Gasteiger partial charge in [-0.2, -0.15) is 0 Å². The lowest BCUT2D eigenvalue weighted by atomic mass is 9.88. The summed E-state index contributed by atoms with van der Waals surface area (Å²) in [5, 5.41) is 24.6. The number of fused-ring (bicyclic) bond motifs is 2. The van der Waals surface area contributed by atoms with Gasteiger partial charge in [0.25, 0.3) is 5.91 Å². The summed E-state index contributed by atoms with van der Waals surface area (Å²) in [6.45, 7) is 9.53. The van der Waals surface area contributed by atoms with Gasteiger partial charge < -0.3 is 35.5 Å². The number of rotatable bonds is 4. The van der Waals surface area contributed by atoms with Gasteiger partial charge >= 0.3 is 6.09 Å². The highest BCUT2D eigenvalue weighted by molar-refractivity contribution is 6.04. The Bertz CT molecular complexity index is 1110. The summed E-state index contributed by atoms with van der Waals surface area (Å²) in [5.41, 5.74) is 7.91. The molecule has 9 heteroatoms. The molecule has 1 aromatic carbocycles. The van der Waals surface area contributed by atoms with Crippen molar-refractivity contribution in [2.45, 2.75) is 78.6 Å². The highest BCUT2D eigenvalue weighted by atomic mass is 16.6. The molecule has 5 N–H and O–H groups in total. The van der Waals surface area contributed by atoms with Crippen LogP contribution in [0.2, 0.25) is 0 Å². The Morgan fingerprint density at radius 3 is 2.44 bits per heavy atom. The summed E-state index contributed by atoms with van der Waals surface area (Å²) in [5.74, 6) is -0.274. The number of aromatic hydroxyl groups is 2. The van der Waals surface area contributed by atoms with E-state index in [4.69, 9.17) is 19.9 Å². The average Bonchev–Trinajstić information content (AvgIpc) is 2.87. The maximum Gasteiger partial charge on any atom is 0.405 e. The summed E-state index contributed by atoms with van der Waals surface area (Å²) in [6, 6.07) is 1.38. The molecule has 2 amide bonds. The number of phenols is 2. The number of methoxy groups -OCH3 is 2. The minimum atomic E-state index is -0.916. The van der Waals surface area contributed by atoms with Crippen molar-refractivity contribution in [2.24, 2.45) is 17.6 Å². The molecular weight excluding hydrogens is 500 g/mol. The fourth-order valence-corrected chi connectivity index (χ4v) is 5.11. The molecule has 0 radical (unpaired) electrons. The van der Waals surface area contributed by atoms with E-state index in [2.05, 4.69) is 19.2 Å². The zero-order chi connectivity index (χ0) is 29.3. The molecule has 1 aliphatic rings. The van der Waals surface area contributed by atoms with Crippen LogP contribution in [0.3, 0.4) is 0 Å². The van der Waals surface area contributed by atoms with Crippen LogP contribution in [-0.4, -0.2) is 54.7 Å². The van der Waals surface area contributed by atoms with Crippen LogP contribution in [0.4, 0.5) is 10.5 Å². The van der Waals surface area contributed by atoms with E-state index in [0.29, 0.717) is 42.4 Å². The van der Waals surface area contributed by atoms with Gasteiger partial charge in [0.15, 0.2) is 6.10 Å². The zero-order valence-electron chi connectivity index (χ0n) is 24.1. The van der Waals surface area contributed by atoms with Crippen molar-refractivity contribution in [3.8, 4) is 11.5 Å². The van der Waals surface area contributed by atoms with Crippen molar-refractivity contribution in [3.05, 3.63) is 52.6 Å². The van der Waals surface area contributed by atoms with Gasteiger partial charge in [0.2, 0.25) is 0 Å². The Kier molecular flexibility index (Phi) is 12.1. The maximum atomic E-state index is 12.9. The lowest BCUT2D eigenvalue weighted by Gasteiger charge is -2.26. The molecule has 216 valence electrons. The number of primary amides is 1. The van der Waals surface area contributed by atoms with E-state index in [1.54, 1.807) is 32.3 Å². The second kappa shape index (κ2) is 14.7. The Hall–Kier alpha value is -3.30. The highest BCUT2D eigenvalue weighted by Crippen LogP contribution is 2.39. The van der Waals surface area contributed by atoms with E-state index >= 15 is 0 Å². The molecule has 2 rings (SSSR count). The second-order valence-electron chi connectivity index (χ2n) is 10.4. The minimum absolute atomic E-state index is 0.0289. The molecule has 9 nitrogen and oxygen atoms in total. The number of benzene rings is 1. The quantitative estimate of drug-likeness (QED) is 0.233. The maximum absolute atomic E-state index is 12.9. The topological polar surface area (TPSA) is 140 Å². The van der Waals surface area contributed by atoms with Gasteiger partial charge in [-0.1, -0.05) is 45.1 Å². The zero-order valence-corrected chi connectivity index (χ0v) is 24.1. The van der Waals surface area contributed by atoms with Crippen LogP contribution in [0.15, 0.2) is 41.5 Å². The van der Waals surface area contributed by atoms with Gasteiger partial charge in [0, 0.05) is 37.0 Å². The molecular formula is C30H44N2O7. The van der Waals surface area contributed by atoms with E-state index < -0.39 is 24.2 Å². The monoisotopic (exact) mass is 544 g/mol. The minimum Gasteiger partial charge on any atom is -0.508 e. The number of allylic oxidation sites excluding steroid dienone is 3. The number of ether oxygens (including phenoxy) is 3.